The largest absolute Gasteiger partial charge is 0.368 e. The van der Waals surface area contributed by atoms with Gasteiger partial charge in [-0.2, -0.15) is 0 Å². The van der Waals surface area contributed by atoms with Crippen molar-refractivity contribution in [1.82, 2.24) is 20.6 Å². The van der Waals surface area contributed by atoms with Crippen LogP contribution in [-0.4, -0.2) is 29.0 Å². The van der Waals surface area contributed by atoms with Crippen LogP contribution in [0.5, 0.6) is 0 Å². The lowest BCUT2D eigenvalue weighted by molar-refractivity contribution is 0.0960. The van der Waals surface area contributed by atoms with E-state index in [2.05, 4.69) is 45.4 Å². The molecule has 0 radical (unpaired) electrons. The third-order valence-electron chi connectivity index (χ3n) is 4.15. The molecule has 0 saturated carbocycles. The van der Waals surface area contributed by atoms with Crippen molar-refractivity contribution in [1.29, 1.82) is 0 Å². The Bertz CT molecular complexity index is 995. The van der Waals surface area contributed by atoms with Gasteiger partial charge in [0.2, 0.25) is 5.95 Å². The highest BCUT2D eigenvalue weighted by molar-refractivity contribution is 7.20. The average Bonchev–Trinajstić information content (AvgIpc) is 3.07. The van der Waals surface area contributed by atoms with Gasteiger partial charge in [-0.05, 0) is 37.1 Å². The maximum Gasteiger partial charge on any atom is 0.261 e. The van der Waals surface area contributed by atoms with Crippen LogP contribution in [-0.2, 0) is 6.54 Å². The van der Waals surface area contributed by atoms with Crippen LogP contribution < -0.4 is 16.4 Å². The summed E-state index contributed by atoms with van der Waals surface area (Å²) in [6, 6.07) is 8.11. The van der Waals surface area contributed by atoms with Crippen LogP contribution in [0, 0.1) is 6.92 Å². The number of aryl methyl sites for hydroxylation is 1. The van der Waals surface area contributed by atoms with Gasteiger partial charge >= 0.3 is 0 Å². The lowest BCUT2D eigenvalue weighted by Gasteiger charge is -2.10. The number of nitrogens with zero attached hydrogens (tertiary/aromatic N) is 2. The molecule has 4 N–H and O–H groups in total. The van der Waals surface area contributed by atoms with Gasteiger partial charge in [0.1, 0.15) is 4.83 Å². The molecular weight excluding hydrogens is 358 g/mol. The Morgan fingerprint density at radius 1 is 1.33 bits per heavy atom. The number of fused-ring (bicyclic) bond motifs is 1. The van der Waals surface area contributed by atoms with E-state index in [9.17, 15) is 4.79 Å². The molecule has 27 heavy (non-hydrogen) atoms. The predicted octanol–water partition coefficient (Wildman–Crippen LogP) is 3.27. The highest BCUT2D eigenvalue weighted by atomic mass is 32.1. The zero-order chi connectivity index (χ0) is 19.4. The van der Waals surface area contributed by atoms with Crippen molar-refractivity contribution < 1.29 is 4.79 Å². The molecule has 3 aromatic rings. The topological polar surface area (TPSA) is 92.9 Å². The number of thiophene rings is 1. The smallest absolute Gasteiger partial charge is 0.261 e. The molecule has 0 saturated heterocycles. The minimum atomic E-state index is -0.107. The summed E-state index contributed by atoms with van der Waals surface area (Å²) < 4.78 is 0. The minimum Gasteiger partial charge on any atom is -0.368 e. The zero-order valence-corrected chi connectivity index (χ0v) is 16.3. The molecular formula is C20H23N5OS. The Labute approximate surface area is 162 Å². The summed E-state index contributed by atoms with van der Waals surface area (Å²) >= 11 is 1.33. The van der Waals surface area contributed by atoms with E-state index in [1.165, 1.54) is 11.3 Å². The van der Waals surface area contributed by atoms with Crippen LogP contribution in [0.25, 0.3) is 21.5 Å². The van der Waals surface area contributed by atoms with E-state index in [-0.39, 0.29) is 11.9 Å². The maximum absolute atomic E-state index is 12.2. The van der Waals surface area contributed by atoms with Gasteiger partial charge in [-0.15, -0.1) is 17.9 Å². The molecule has 6 nitrogen and oxygen atoms in total. The Morgan fingerprint density at radius 3 is 2.89 bits per heavy atom. The molecule has 1 aromatic carbocycles. The van der Waals surface area contributed by atoms with Crippen molar-refractivity contribution in [2.45, 2.75) is 20.4 Å². The van der Waals surface area contributed by atoms with Gasteiger partial charge in [-0.3, -0.25) is 4.79 Å². The van der Waals surface area contributed by atoms with Gasteiger partial charge in [0.25, 0.3) is 5.91 Å². The molecule has 2 aromatic heterocycles. The first kappa shape index (κ1) is 19.0. The maximum atomic E-state index is 12.2. The average molecular weight is 382 g/mol. The fourth-order valence-electron chi connectivity index (χ4n) is 2.86. The molecule has 0 unspecified atom stereocenters. The first-order chi connectivity index (χ1) is 13.0. The number of rotatable bonds is 7. The second kappa shape index (κ2) is 8.28. The highest BCUT2D eigenvalue weighted by Crippen LogP contribution is 2.34. The molecule has 0 spiro atoms. The van der Waals surface area contributed by atoms with Crippen molar-refractivity contribution in [3.05, 3.63) is 52.9 Å². The highest BCUT2D eigenvalue weighted by Gasteiger charge is 2.17. The van der Waals surface area contributed by atoms with Gasteiger partial charge in [-0.25, -0.2) is 9.97 Å². The fraction of sp³-hybridized carbons (Fsp3) is 0.250. The number of nitrogens with one attached hydrogen (secondary N) is 2. The molecule has 0 bridgehead atoms. The van der Waals surface area contributed by atoms with E-state index in [0.29, 0.717) is 16.3 Å². The lowest BCUT2D eigenvalue weighted by Crippen LogP contribution is -2.21. The van der Waals surface area contributed by atoms with Gasteiger partial charge in [-0.1, -0.05) is 18.2 Å². The number of aromatic nitrogens is 2. The predicted molar refractivity (Wildman–Crippen MR) is 112 cm³/mol. The number of amides is 1. The summed E-state index contributed by atoms with van der Waals surface area (Å²) in [6.07, 6.45) is 1.83. The van der Waals surface area contributed by atoms with E-state index >= 15 is 0 Å². The number of hydrogen-bond acceptors (Lipinski definition) is 6. The van der Waals surface area contributed by atoms with Gasteiger partial charge in [0.15, 0.2) is 0 Å². The Hall–Kier alpha value is -2.77. The first-order valence-electron chi connectivity index (χ1n) is 8.80. The number of anilines is 1. The lowest BCUT2D eigenvalue weighted by atomic mass is 10.00. The quantitative estimate of drug-likeness (QED) is 0.431. The van der Waals surface area contributed by atoms with Crippen molar-refractivity contribution in [2.75, 3.05) is 18.8 Å². The molecule has 0 fully saturated rings. The molecule has 0 atom stereocenters. The molecule has 3 rings (SSSR count). The molecule has 0 aliphatic rings. The number of hydrogen-bond donors (Lipinski definition) is 3. The van der Waals surface area contributed by atoms with E-state index in [1.807, 2.05) is 26.0 Å². The number of carbonyl (C=O) groups excluding carboxylic acids is 1. The normalized spacial score (nSPS) is 10.9. The van der Waals surface area contributed by atoms with E-state index in [4.69, 9.17) is 5.73 Å². The van der Waals surface area contributed by atoms with Gasteiger partial charge < -0.3 is 16.4 Å². The zero-order valence-electron chi connectivity index (χ0n) is 15.5. The monoisotopic (exact) mass is 381 g/mol. The van der Waals surface area contributed by atoms with Gasteiger partial charge in [0.05, 0.1) is 10.6 Å². The van der Waals surface area contributed by atoms with Crippen LogP contribution >= 0.6 is 11.3 Å². The SMILES string of the molecule is C=CCNCc1ccc(C)c(-c2nc(N)nc3sc(C(=O)NCC)cc23)c1. The molecule has 0 aliphatic heterocycles. The fourth-order valence-corrected chi connectivity index (χ4v) is 3.81. The van der Waals surface area contributed by atoms with E-state index in [1.54, 1.807) is 0 Å². The molecule has 140 valence electrons. The van der Waals surface area contributed by atoms with Crippen LogP contribution in [0.4, 0.5) is 5.95 Å². The minimum absolute atomic E-state index is 0.107. The van der Waals surface area contributed by atoms with E-state index < -0.39 is 0 Å². The first-order valence-corrected chi connectivity index (χ1v) is 9.62. The number of benzene rings is 1. The molecule has 7 heteroatoms. The molecule has 0 aliphatic carbocycles. The summed E-state index contributed by atoms with van der Waals surface area (Å²) in [4.78, 5) is 22.4. The summed E-state index contributed by atoms with van der Waals surface area (Å²) in [5.74, 6) is 0.0977. The number of nitrogens with two attached hydrogens (primary N) is 1. The molecule has 2 heterocycles. The standard InChI is InChI=1S/C20H23N5OS/c1-4-8-22-11-13-7-6-12(3)14(9-13)17-15-10-16(18(26)23-5-2)27-19(15)25-20(21)24-17/h4,6-7,9-10,22H,1,5,8,11H2,2-3H3,(H,23,26)(H2,21,24,25). The van der Waals surface area contributed by atoms with Crippen molar-refractivity contribution >= 4 is 33.4 Å². The van der Waals surface area contributed by atoms with Crippen LogP contribution in [0.15, 0.2) is 36.9 Å². The van der Waals surface area contributed by atoms with Gasteiger partial charge in [0, 0.05) is 30.6 Å². The van der Waals surface area contributed by atoms with Crippen LogP contribution in [0.2, 0.25) is 0 Å². The van der Waals surface area contributed by atoms with Crippen LogP contribution in [0.3, 0.4) is 0 Å². The Balaban J connectivity index is 2.09. The Kier molecular flexibility index (Phi) is 5.83. The second-order valence-electron chi connectivity index (χ2n) is 6.19. The molecule has 1 amide bonds. The summed E-state index contributed by atoms with van der Waals surface area (Å²) in [6.45, 7) is 9.70. The van der Waals surface area contributed by atoms with Crippen molar-refractivity contribution in [3.8, 4) is 11.3 Å². The van der Waals surface area contributed by atoms with E-state index in [0.717, 1.165) is 40.9 Å². The second-order valence-corrected chi connectivity index (χ2v) is 7.22. The van der Waals surface area contributed by atoms with Crippen LogP contribution in [0.1, 0.15) is 27.7 Å². The van der Waals surface area contributed by atoms with Crippen molar-refractivity contribution in [3.63, 3.8) is 0 Å². The number of carbonyl (C=O) groups is 1. The summed E-state index contributed by atoms with van der Waals surface area (Å²) in [5.41, 5.74) is 9.93. The number of nitrogen functional groups attached to an aromatic ring is 1. The third-order valence-corrected chi connectivity index (χ3v) is 5.17. The Morgan fingerprint density at radius 2 is 2.15 bits per heavy atom. The summed E-state index contributed by atoms with van der Waals surface area (Å²) in [7, 11) is 0. The summed E-state index contributed by atoms with van der Waals surface area (Å²) in [5, 5.41) is 6.97. The third kappa shape index (κ3) is 4.15. The van der Waals surface area contributed by atoms with Crippen molar-refractivity contribution in [2.24, 2.45) is 0 Å².